The third-order valence-electron chi connectivity index (χ3n) is 5.84. The van der Waals surface area contributed by atoms with Crippen molar-refractivity contribution in [2.45, 2.75) is 25.7 Å². The Hall–Kier alpha value is -4.96. The van der Waals surface area contributed by atoms with E-state index in [9.17, 15) is 20.1 Å². The summed E-state index contributed by atoms with van der Waals surface area (Å²) in [5, 5.41) is 24.3. The van der Waals surface area contributed by atoms with Crippen molar-refractivity contribution in [3.63, 3.8) is 0 Å². The van der Waals surface area contributed by atoms with E-state index in [4.69, 9.17) is 18.9 Å². The van der Waals surface area contributed by atoms with Gasteiger partial charge in [0.2, 0.25) is 0 Å². The lowest BCUT2D eigenvalue weighted by atomic mass is 10.1. The van der Waals surface area contributed by atoms with Crippen molar-refractivity contribution in [3.8, 4) is 35.1 Å². The molecule has 2 rings (SSSR count). The molecule has 2 amide bonds. The number of hydrogen-bond acceptors (Lipinski definition) is 8. The minimum Gasteiger partial charge on any atom is -0.493 e. The first kappa shape index (κ1) is 31.3. The van der Waals surface area contributed by atoms with Crippen molar-refractivity contribution >= 4 is 24.0 Å². The molecule has 0 aliphatic rings. The number of carbonyl (C=O) groups is 2. The summed E-state index contributed by atoms with van der Waals surface area (Å²) < 4.78 is 20.9. The third-order valence-corrected chi connectivity index (χ3v) is 5.84. The van der Waals surface area contributed by atoms with E-state index in [0.29, 0.717) is 47.2 Å². The summed E-state index contributed by atoms with van der Waals surface area (Å²) in [5.74, 6) is 1.22. The lowest BCUT2D eigenvalue weighted by molar-refractivity contribution is -0.117. The molecule has 10 nitrogen and oxygen atoms in total. The van der Waals surface area contributed by atoms with Gasteiger partial charge in [0.05, 0.1) is 28.4 Å². The first-order valence-corrected chi connectivity index (χ1v) is 12.6. The van der Waals surface area contributed by atoms with Crippen LogP contribution in [0.4, 0.5) is 0 Å². The van der Waals surface area contributed by atoms with Gasteiger partial charge in [-0.25, -0.2) is 0 Å². The number of rotatable bonds is 15. The normalized spacial score (nSPS) is 11.1. The van der Waals surface area contributed by atoms with Crippen molar-refractivity contribution in [2.75, 3.05) is 41.5 Å². The Morgan fingerprint density at radius 1 is 0.650 bits per heavy atom. The highest BCUT2D eigenvalue weighted by Crippen LogP contribution is 2.29. The average Bonchev–Trinajstić information content (AvgIpc) is 2.99. The quantitative estimate of drug-likeness (QED) is 0.194. The van der Waals surface area contributed by atoms with Gasteiger partial charge in [-0.2, -0.15) is 10.5 Å². The summed E-state index contributed by atoms with van der Waals surface area (Å²) in [6.45, 7) is 0.839. The van der Waals surface area contributed by atoms with Gasteiger partial charge in [0, 0.05) is 13.1 Å². The number of nitrogens with zero attached hydrogens (tertiary/aromatic N) is 2. The Bertz CT molecular complexity index is 1220. The van der Waals surface area contributed by atoms with Crippen LogP contribution < -0.4 is 29.6 Å². The molecule has 0 saturated heterocycles. The zero-order valence-corrected chi connectivity index (χ0v) is 23.2. The van der Waals surface area contributed by atoms with Crippen LogP contribution in [0.3, 0.4) is 0 Å². The van der Waals surface area contributed by atoms with E-state index in [2.05, 4.69) is 10.6 Å². The first-order chi connectivity index (χ1) is 19.4. The fraction of sp³-hybridized carbons (Fsp3) is 0.333. The van der Waals surface area contributed by atoms with Gasteiger partial charge in [-0.15, -0.1) is 0 Å². The van der Waals surface area contributed by atoms with E-state index in [1.807, 2.05) is 12.1 Å². The van der Waals surface area contributed by atoms with Crippen LogP contribution >= 0.6 is 0 Å². The van der Waals surface area contributed by atoms with Crippen LogP contribution in [-0.4, -0.2) is 53.3 Å². The van der Waals surface area contributed by atoms with E-state index < -0.39 is 11.8 Å². The summed E-state index contributed by atoms with van der Waals surface area (Å²) in [6, 6.07) is 14.1. The second-order valence-corrected chi connectivity index (χ2v) is 8.49. The Morgan fingerprint density at radius 2 is 1.02 bits per heavy atom. The van der Waals surface area contributed by atoms with E-state index in [-0.39, 0.29) is 11.1 Å². The summed E-state index contributed by atoms with van der Waals surface area (Å²) in [4.78, 5) is 24.8. The molecule has 2 N–H and O–H groups in total. The van der Waals surface area contributed by atoms with Crippen molar-refractivity contribution in [3.05, 3.63) is 58.7 Å². The second-order valence-electron chi connectivity index (χ2n) is 8.49. The Labute approximate surface area is 234 Å². The van der Waals surface area contributed by atoms with Crippen LogP contribution in [0, 0.1) is 22.7 Å². The van der Waals surface area contributed by atoms with Crippen molar-refractivity contribution < 1.29 is 28.5 Å². The second kappa shape index (κ2) is 16.8. The summed E-state index contributed by atoms with van der Waals surface area (Å²) >= 11 is 0. The van der Waals surface area contributed by atoms with Crippen LogP contribution in [0.15, 0.2) is 47.5 Å². The highest BCUT2D eigenvalue weighted by Gasteiger charge is 2.11. The fourth-order valence-electron chi connectivity index (χ4n) is 3.71. The predicted octanol–water partition coefficient (Wildman–Crippen LogP) is 4.03. The highest BCUT2D eigenvalue weighted by atomic mass is 16.5. The van der Waals surface area contributed by atoms with Crippen molar-refractivity contribution in [1.82, 2.24) is 10.6 Å². The lowest BCUT2D eigenvalue weighted by Crippen LogP contribution is -2.26. The molecular weight excluding hydrogens is 512 g/mol. The molecule has 0 radical (unpaired) electrons. The average molecular weight is 547 g/mol. The van der Waals surface area contributed by atoms with Crippen molar-refractivity contribution in [1.29, 1.82) is 10.5 Å². The largest absolute Gasteiger partial charge is 0.493 e. The van der Waals surface area contributed by atoms with Crippen LogP contribution in [0.2, 0.25) is 0 Å². The number of carbonyl (C=O) groups excluding carboxylic acids is 2. The maximum absolute atomic E-state index is 12.4. The molecular formula is C30H34N4O6. The number of nitrogens with one attached hydrogen (secondary N) is 2. The number of hydrogen-bond donors (Lipinski definition) is 2. The molecule has 0 fully saturated rings. The zero-order chi connectivity index (χ0) is 29.3. The standard InChI is InChI=1S/C30H34N4O6/c1-37-25-11-9-21(17-27(25)39-3)15-23(19-31)29(35)33-13-7-5-6-8-14-34-30(36)24(20-32)16-22-10-12-26(38-2)28(18-22)40-4/h9-12,15-18H,5-8,13-14H2,1-4H3,(H,33,35)(H,34,36)/b23-15+,24-16+. The van der Waals surface area contributed by atoms with Gasteiger partial charge in [0.1, 0.15) is 23.3 Å². The molecule has 0 aliphatic heterocycles. The van der Waals surface area contributed by atoms with E-state index in [1.165, 1.54) is 40.6 Å². The molecule has 0 aromatic heterocycles. The van der Waals surface area contributed by atoms with E-state index in [1.54, 1.807) is 36.4 Å². The summed E-state index contributed by atoms with van der Waals surface area (Å²) in [7, 11) is 6.09. The number of methoxy groups -OCH3 is 4. The smallest absolute Gasteiger partial charge is 0.261 e. The maximum Gasteiger partial charge on any atom is 0.261 e. The molecule has 0 aliphatic carbocycles. The minimum atomic E-state index is -0.449. The Balaban J connectivity index is 1.74. The topological polar surface area (TPSA) is 143 Å². The number of ether oxygens (including phenoxy) is 4. The van der Waals surface area contributed by atoms with Gasteiger partial charge in [0.15, 0.2) is 23.0 Å². The molecule has 210 valence electrons. The van der Waals surface area contributed by atoms with Crippen LogP contribution in [0.25, 0.3) is 12.2 Å². The number of amides is 2. The maximum atomic E-state index is 12.4. The highest BCUT2D eigenvalue weighted by molar-refractivity contribution is 6.02. The monoisotopic (exact) mass is 546 g/mol. The molecule has 0 saturated carbocycles. The fourth-order valence-corrected chi connectivity index (χ4v) is 3.71. The molecule has 0 bridgehead atoms. The minimum absolute atomic E-state index is 0.00984. The van der Waals surface area contributed by atoms with Crippen molar-refractivity contribution in [2.24, 2.45) is 0 Å². The van der Waals surface area contributed by atoms with Gasteiger partial charge in [0.25, 0.3) is 11.8 Å². The third kappa shape index (κ3) is 9.41. The summed E-state index contributed by atoms with van der Waals surface area (Å²) in [6.07, 6.45) is 6.08. The molecule has 0 heterocycles. The molecule has 2 aromatic carbocycles. The molecule has 0 atom stereocenters. The Kier molecular flexibility index (Phi) is 13.1. The van der Waals surface area contributed by atoms with Gasteiger partial charge < -0.3 is 29.6 Å². The summed E-state index contributed by atoms with van der Waals surface area (Å²) in [5.41, 5.74) is 1.27. The first-order valence-electron chi connectivity index (χ1n) is 12.6. The van der Waals surface area contributed by atoms with Gasteiger partial charge >= 0.3 is 0 Å². The van der Waals surface area contributed by atoms with Crippen LogP contribution in [-0.2, 0) is 9.59 Å². The lowest BCUT2D eigenvalue weighted by Gasteiger charge is -2.09. The van der Waals surface area contributed by atoms with Gasteiger partial charge in [-0.05, 0) is 60.4 Å². The SMILES string of the molecule is COc1ccc(/C=C(\C#N)C(=O)NCCCCCCNC(=O)/C(C#N)=C/c2ccc(OC)c(OC)c2)cc1OC. The van der Waals surface area contributed by atoms with E-state index in [0.717, 1.165) is 25.7 Å². The van der Waals surface area contributed by atoms with E-state index >= 15 is 0 Å². The molecule has 0 unspecified atom stereocenters. The van der Waals surface area contributed by atoms with Gasteiger partial charge in [-0.3, -0.25) is 9.59 Å². The molecule has 40 heavy (non-hydrogen) atoms. The van der Waals surface area contributed by atoms with Gasteiger partial charge in [-0.1, -0.05) is 25.0 Å². The molecule has 2 aromatic rings. The van der Waals surface area contributed by atoms with Crippen LogP contribution in [0.1, 0.15) is 36.8 Å². The molecule has 0 spiro atoms. The number of unbranched alkanes of at least 4 members (excludes halogenated alkanes) is 3. The zero-order valence-electron chi connectivity index (χ0n) is 23.2. The van der Waals surface area contributed by atoms with Crippen LogP contribution in [0.5, 0.6) is 23.0 Å². The number of benzene rings is 2. The number of nitriles is 2. The molecule has 10 heteroatoms. The Morgan fingerprint density at radius 3 is 1.35 bits per heavy atom. The predicted molar refractivity (Wildman–Crippen MR) is 151 cm³/mol.